The lowest BCUT2D eigenvalue weighted by atomic mass is 9.73. The highest BCUT2D eigenvalue weighted by Gasteiger charge is 2.29. The van der Waals surface area contributed by atoms with Crippen LogP contribution in [0.1, 0.15) is 49.3 Å². The quantitative estimate of drug-likeness (QED) is 0.505. The fraction of sp³-hybridized carbons (Fsp3) is 0.250. The van der Waals surface area contributed by atoms with E-state index < -0.39 is 0 Å². The molecule has 2 aromatic carbocycles. The lowest BCUT2D eigenvalue weighted by Gasteiger charge is -2.31. The predicted molar refractivity (Wildman–Crippen MR) is 109 cm³/mol. The van der Waals surface area contributed by atoms with Crippen molar-refractivity contribution in [3.8, 4) is 11.5 Å². The molecule has 0 aromatic heterocycles. The minimum atomic E-state index is -0.0339. The summed E-state index contributed by atoms with van der Waals surface area (Å²) in [5.74, 6) is 0.481. The van der Waals surface area contributed by atoms with E-state index in [1.807, 2.05) is 49.4 Å². The average molecular weight is 346 g/mol. The van der Waals surface area contributed by atoms with Crippen molar-refractivity contribution >= 4 is 12.2 Å². The maximum atomic E-state index is 10.7. The Balaban J connectivity index is 1.95. The third-order valence-corrected chi connectivity index (χ3v) is 5.14. The van der Waals surface area contributed by atoms with Crippen LogP contribution in [0.15, 0.2) is 66.3 Å². The fourth-order valence-corrected chi connectivity index (χ4v) is 3.74. The van der Waals surface area contributed by atoms with Crippen molar-refractivity contribution in [1.82, 2.24) is 0 Å². The molecule has 0 saturated heterocycles. The molecule has 2 heteroatoms. The average Bonchev–Trinajstić information content (AvgIpc) is 2.60. The molecule has 1 aliphatic carbocycles. The second kappa shape index (κ2) is 7.65. The summed E-state index contributed by atoms with van der Waals surface area (Å²) >= 11 is 0. The van der Waals surface area contributed by atoms with Crippen LogP contribution >= 0.6 is 0 Å². The van der Waals surface area contributed by atoms with Crippen molar-refractivity contribution in [3.63, 3.8) is 0 Å². The van der Waals surface area contributed by atoms with E-state index in [2.05, 4.69) is 19.6 Å². The Bertz CT molecular complexity index is 836. The molecule has 3 rings (SSSR count). The zero-order valence-electron chi connectivity index (χ0n) is 15.4. The largest absolute Gasteiger partial charge is 0.507 e. The summed E-state index contributed by atoms with van der Waals surface area (Å²) in [6.45, 7) is 8.24. The van der Waals surface area contributed by atoms with Crippen LogP contribution in [0.3, 0.4) is 0 Å². The van der Waals surface area contributed by atoms with Crippen LogP contribution in [-0.2, 0) is 0 Å². The molecule has 0 radical (unpaired) electrons. The molecule has 2 atom stereocenters. The normalized spacial score (nSPS) is 20.2. The molecule has 2 aromatic rings. The highest BCUT2D eigenvalue weighted by molar-refractivity contribution is 5.72. The van der Waals surface area contributed by atoms with Gasteiger partial charge in [0, 0.05) is 11.5 Å². The first-order valence-electron chi connectivity index (χ1n) is 9.07. The molecule has 2 nitrogen and oxygen atoms in total. The molecular formula is C24H26O2. The Hall–Kier alpha value is -2.74. The van der Waals surface area contributed by atoms with E-state index in [0.29, 0.717) is 5.56 Å². The molecule has 1 unspecified atom stereocenters. The highest BCUT2D eigenvalue weighted by Crippen LogP contribution is 2.46. The number of rotatable bonds is 4. The van der Waals surface area contributed by atoms with Gasteiger partial charge < -0.3 is 10.2 Å². The van der Waals surface area contributed by atoms with Crippen LogP contribution in [0.5, 0.6) is 11.5 Å². The van der Waals surface area contributed by atoms with E-state index >= 15 is 0 Å². The summed E-state index contributed by atoms with van der Waals surface area (Å²) in [7, 11) is 0. The number of hydrogen-bond acceptors (Lipinski definition) is 2. The van der Waals surface area contributed by atoms with Gasteiger partial charge >= 0.3 is 0 Å². The molecule has 0 spiro atoms. The van der Waals surface area contributed by atoms with Gasteiger partial charge in [-0.2, -0.15) is 0 Å². The van der Waals surface area contributed by atoms with E-state index in [1.165, 1.54) is 5.57 Å². The molecule has 26 heavy (non-hydrogen) atoms. The number of benzene rings is 2. The Kier molecular flexibility index (Phi) is 5.32. The number of phenolic OH excluding ortho intramolecular Hbond substituents is 2. The van der Waals surface area contributed by atoms with Crippen LogP contribution in [0.25, 0.3) is 12.2 Å². The van der Waals surface area contributed by atoms with Gasteiger partial charge in [-0.25, -0.2) is 0 Å². The van der Waals surface area contributed by atoms with Crippen molar-refractivity contribution < 1.29 is 10.2 Å². The van der Waals surface area contributed by atoms with Crippen LogP contribution in [0.2, 0.25) is 0 Å². The van der Waals surface area contributed by atoms with Gasteiger partial charge in [0.25, 0.3) is 0 Å². The predicted octanol–water partition coefficient (Wildman–Crippen LogP) is 6.28. The molecule has 0 saturated carbocycles. The first kappa shape index (κ1) is 18.1. The van der Waals surface area contributed by atoms with Crippen LogP contribution in [0.4, 0.5) is 0 Å². The van der Waals surface area contributed by atoms with Gasteiger partial charge in [0.1, 0.15) is 11.5 Å². The maximum absolute atomic E-state index is 10.7. The molecule has 0 bridgehead atoms. The summed E-state index contributed by atoms with van der Waals surface area (Å²) in [5.41, 5.74) is 4.83. The zero-order valence-corrected chi connectivity index (χ0v) is 15.4. The van der Waals surface area contributed by atoms with Crippen LogP contribution in [-0.4, -0.2) is 10.2 Å². The van der Waals surface area contributed by atoms with Gasteiger partial charge in [0.05, 0.1) is 0 Å². The van der Waals surface area contributed by atoms with E-state index in [0.717, 1.165) is 29.5 Å². The molecule has 0 heterocycles. The minimum Gasteiger partial charge on any atom is -0.507 e. The first-order chi connectivity index (χ1) is 12.5. The fourth-order valence-electron chi connectivity index (χ4n) is 3.74. The molecule has 0 amide bonds. The highest BCUT2D eigenvalue weighted by atomic mass is 16.3. The summed E-state index contributed by atoms with van der Waals surface area (Å²) in [6, 6.07) is 13.4. The molecule has 0 aliphatic heterocycles. The van der Waals surface area contributed by atoms with Crippen LogP contribution in [0, 0.1) is 5.92 Å². The third-order valence-electron chi connectivity index (χ3n) is 5.14. The summed E-state index contributed by atoms with van der Waals surface area (Å²) in [5, 5.41) is 21.3. The third kappa shape index (κ3) is 3.91. The van der Waals surface area contributed by atoms with Crippen molar-refractivity contribution in [2.75, 3.05) is 0 Å². The van der Waals surface area contributed by atoms with E-state index in [1.54, 1.807) is 12.1 Å². The Morgan fingerprint density at radius 1 is 1.04 bits per heavy atom. The van der Waals surface area contributed by atoms with E-state index in [4.69, 9.17) is 0 Å². The topological polar surface area (TPSA) is 40.5 Å². The Morgan fingerprint density at radius 2 is 1.65 bits per heavy atom. The summed E-state index contributed by atoms with van der Waals surface area (Å²) in [4.78, 5) is 0. The molecular weight excluding hydrogens is 320 g/mol. The SMILES string of the molecule is C=C(C)[C@@H]1CCC(C)=CC1c1c(O)cc(/C=C/c2ccccc2)cc1O. The molecule has 2 N–H and O–H groups in total. The minimum absolute atomic E-state index is 0.0339. The molecule has 134 valence electrons. The maximum Gasteiger partial charge on any atom is 0.123 e. The smallest absolute Gasteiger partial charge is 0.123 e. The standard InChI is InChI=1S/C24H26O2/c1-16(2)20-12-9-17(3)13-21(20)24-22(25)14-19(15-23(24)26)11-10-18-7-5-4-6-8-18/h4-8,10-11,13-15,20-21,25-26H,1,9,12H2,2-3H3/b11-10+/t20-,21?/m0/s1. The second-order valence-electron chi connectivity index (χ2n) is 7.25. The van der Waals surface area contributed by atoms with Crippen molar-refractivity contribution in [3.05, 3.63) is 83.0 Å². The zero-order chi connectivity index (χ0) is 18.7. The summed E-state index contributed by atoms with van der Waals surface area (Å²) < 4.78 is 0. The Morgan fingerprint density at radius 3 is 2.27 bits per heavy atom. The number of aromatic hydroxyl groups is 2. The van der Waals surface area contributed by atoms with Gasteiger partial charge in [0.15, 0.2) is 0 Å². The van der Waals surface area contributed by atoms with Gasteiger partial charge in [-0.1, -0.05) is 66.3 Å². The summed E-state index contributed by atoms with van der Waals surface area (Å²) in [6.07, 6.45) is 8.06. The number of phenols is 2. The number of allylic oxidation sites excluding steroid dienone is 3. The van der Waals surface area contributed by atoms with Gasteiger partial charge in [-0.15, -0.1) is 0 Å². The lowest BCUT2D eigenvalue weighted by molar-refractivity contribution is 0.407. The van der Waals surface area contributed by atoms with Gasteiger partial charge in [0.2, 0.25) is 0 Å². The van der Waals surface area contributed by atoms with E-state index in [9.17, 15) is 10.2 Å². The molecule has 1 aliphatic rings. The van der Waals surface area contributed by atoms with Crippen molar-refractivity contribution in [2.24, 2.45) is 5.92 Å². The second-order valence-corrected chi connectivity index (χ2v) is 7.25. The lowest BCUT2D eigenvalue weighted by Crippen LogP contribution is -2.17. The Labute approximate surface area is 155 Å². The van der Waals surface area contributed by atoms with Gasteiger partial charge in [-0.05, 0) is 55.9 Å². The van der Waals surface area contributed by atoms with Crippen LogP contribution < -0.4 is 0 Å². The number of hydrogen-bond donors (Lipinski definition) is 2. The van der Waals surface area contributed by atoms with Crippen molar-refractivity contribution in [1.29, 1.82) is 0 Å². The first-order valence-corrected chi connectivity index (χ1v) is 9.07. The van der Waals surface area contributed by atoms with Crippen molar-refractivity contribution in [2.45, 2.75) is 32.6 Å². The van der Waals surface area contributed by atoms with Gasteiger partial charge in [-0.3, -0.25) is 0 Å². The molecule has 0 fully saturated rings. The van der Waals surface area contributed by atoms with E-state index in [-0.39, 0.29) is 23.3 Å². The monoisotopic (exact) mass is 346 g/mol.